The third kappa shape index (κ3) is 3.29. The van der Waals surface area contributed by atoms with Gasteiger partial charge in [-0.15, -0.1) is 0 Å². The fraction of sp³-hybridized carbons (Fsp3) is 0.273. The molecule has 6 nitrogen and oxygen atoms in total. The van der Waals surface area contributed by atoms with Crippen LogP contribution in [0.2, 0.25) is 0 Å². The van der Waals surface area contributed by atoms with E-state index in [0.29, 0.717) is 5.56 Å². The number of rotatable bonds is 5. The molecule has 0 saturated carbocycles. The highest BCUT2D eigenvalue weighted by atomic mass is 32.2. The summed E-state index contributed by atoms with van der Waals surface area (Å²) in [5.41, 5.74) is 0.706. The van der Waals surface area contributed by atoms with Crippen LogP contribution in [0.5, 0.6) is 0 Å². The topological polar surface area (TPSA) is 98.5 Å². The van der Waals surface area contributed by atoms with E-state index in [1.54, 1.807) is 0 Å². The van der Waals surface area contributed by atoms with E-state index in [2.05, 4.69) is 0 Å². The average Bonchev–Trinajstić information content (AvgIpc) is 2.29. The van der Waals surface area contributed by atoms with E-state index in [1.165, 1.54) is 31.3 Å². The van der Waals surface area contributed by atoms with Crippen LogP contribution in [-0.4, -0.2) is 37.4 Å². The van der Waals surface area contributed by atoms with Gasteiger partial charge in [-0.3, -0.25) is 4.79 Å². The molecular weight excluding hydrogens is 256 g/mol. The Hall–Kier alpha value is -1.91. The maximum atomic E-state index is 11.9. The second-order valence-electron chi connectivity index (χ2n) is 3.63. The summed E-state index contributed by atoms with van der Waals surface area (Å²) in [4.78, 5) is 10.5. The fourth-order valence-electron chi connectivity index (χ4n) is 1.33. The highest BCUT2D eigenvalue weighted by molar-refractivity contribution is 7.89. The van der Waals surface area contributed by atoms with Gasteiger partial charge in [0.2, 0.25) is 10.0 Å². The zero-order valence-corrected chi connectivity index (χ0v) is 10.5. The van der Waals surface area contributed by atoms with E-state index >= 15 is 0 Å². The largest absolute Gasteiger partial charge is 0.480 e. The number of likely N-dealkylation sites (N-methyl/N-ethyl adjacent to an activating group) is 1. The molecule has 0 atom stereocenters. The van der Waals surface area contributed by atoms with Crippen LogP contribution in [0.3, 0.4) is 0 Å². The Kier molecular flexibility index (Phi) is 4.42. The normalized spacial score (nSPS) is 11.2. The summed E-state index contributed by atoms with van der Waals surface area (Å²) in [5.74, 6) is -1.22. The van der Waals surface area contributed by atoms with Gasteiger partial charge in [-0.2, -0.15) is 9.57 Å². The first kappa shape index (κ1) is 14.2. The maximum absolute atomic E-state index is 11.9. The number of nitriles is 1. The van der Waals surface area contributed by atoms with Crippen molar-refractivity contribution in [1.82, 2.24) is 4.31 Å². The Morgan fingerprint density at radius 2 is 1.94 bits per heavy atom. The summed E-state index contributed by atoms with van der Waals surface area (Å²) >= 11 is 0. The lowest BCUT2D eigenvalue weighted by molar-refractivity contribution is -0.137. The molecule has 0 unspecified atom stereocenters. The molecule has 0 aromatic heterocycles. The highest BCUT2D eigenvalue weighted by Gasteiger charge is 2.22. The van der Waals surface area contributed by atoms with Crippen LogP contribution in [0.15, 0.2) is 29.2 Å². The van der Waals surface area contributed by atoms with Crippen LogP contribution in [0.25, 0.3) is 0 Å². The molecule has 0 fully saturated rings. The molecule has 0 radical (unpaired) electrons. The molecule has 0 spiro atoms. The molecule has 1 aromatic rings. The number of hydrogen-bond donors (Lipinski definition) is 1. The SMILES string of the molecule is CN(CC(=O)O)S(=O)(=O)c1ccc(CC#N)cc1. The van der Waals surface area contributed by atoms with Gasteiger partial charge in [0.05, 0.1) is 17.4 Å². The molecule has 0 aliphatic rings. The Labute approximate surface area is 105 Å². The van der Waals surface area contributed by atoms with Crippen LogP contribution in [0.1, 0.15) is 5.56 Å². The van der Waals surface area contributed by atoms with Crippen LogP contribution < -0.4 is 0 Å². The first-order valence-electron chi connectivity index (χ1n) is 5.02. The number of carboxylic acid groups (broad SMARTS) is 1. The highest BCUT2D eigenvalue weighted by Crippen LogP contribution is 2.15. The summed E-state index contributed by atoms with van der Waals surface area (Å²) < 4.78 is 24.6. The Balaban J connectivity index is 2.99. The minimum Gasteiger partial charge on any atom is -0.480 e. The van der Waals surface area contributed by atoms with E-state index in [4.69, 9.17) is 10.4 Å². The quantitative estimate of drug-likeness (QED) is 0.836. The number of carboxylic acids is 1. The van der Waals surface area contributed by atoms with Gasteiger partial charge < -0.3 is 5.11 Å². The molecule has 0 amide bonds. The van der Waals surface area contributed by atoms with Gasteiger partial charge in [0.15, 0.2) is 0 Å². The van der Waals surface area contributed by atoms with E-state index in [-0.39, 0.29) is 11.3 Å². The molecule has 96 valence electrons. The lowest BCUT2D eigenvalue weighted by Crippen LogP contribution is -2.32. The lowest BCUT2D eigenvalue weighted by Gasteiger charge is -2.14. The van der Waals surface area contributed by atoms with Crippen LogP contribution in [0.4, 0.5) is 0 Å². The van der Waals surface area contributed by atoms with Gasteiger partial charge in [-0.25, -0.2) is 8.42 Å². The Morgan fingerprint density at radius 3 is 2.39 bits per heavy atom. The summed E-state index contributed by atoms with van der Waals surface area (Å²) in [6.07, 6.45) is 0.200. The van der Waals surface area contributed by atoms with Crippen LogP contribution in [-0.2, 0) is 21.2 Å². The zero-order chi connectivity index (χ0) is 13.8. The minimum atomic E-state index is -3.80. The van der Waals surface area contributed by atoms with Crippen molar-refractivity contribution < 1.29 is 18.3 Å². The number of hydrogen-bond acceptors (Lipinski definition) is 4. The summed E-state index contributed by atoms with van der Waals surface area (Å²) in [5, 5.41) is 17.1. The zero-order valence-electron chi connectivity index (χ0n) is 9.70. The lowest BCUT2D eigenvalue weighted by atomic mass is 10.2. The third-order valence-corrected chi connectivity index (χ3v) is 4.09. The molecule has 1 aromatic carbocycles. The predicted octanol–water partition coefficient (Wildman–Crippen LogP) is 0.458. The van der Waals surface area contributed by atoms with Crippen molar-refractivity contribution in [3.63, 3.8) is 0 Å². The second kappa shape index (κ2) is 5.62. The molecule has 0 aliphatic carbocycles. The minimum absolute atomic E-state index is 0.00735. The third-order valence-electron chi connectivity index (χ3n) is 2.27. The van der Waals surface area contributed by atoms with Crippen LogP contribution >= 0.6 is 0 Å². The van der Waals surface area contributed by atoms with Crippen molar-refractivity contribution in [2.45, 2.75) is 11.3 Å². The number of nitrogens with zero attached hydrogens (tertiary/aromatic N) is 2. The van der Waals surface area contributed by atoms with Gasteiger partial charge in [0.1, 0.15) is 6.54 Å². The number of sulfonamides is 1. The molecule has 0 bridgehead atoms. The average molecular weight is 268 g/mol. The summed E-state index contributed by atoms with van der Waals surface area (Å²) in [6, 6.07) is 7.74. The van der Waals surface area contributed by atoms with Gasteiger partial charge in [0, 0.05) is 7.05 Å². The number of carbonyl (C=O) groups is 1. The molecule has 1 rings (SSSR count). The van der Waals surface area contributed by atoms with Crippen molar-refractivity contribution in [2.24, 2.45) is 0 Å². The Morgan fingerprint density at radius 1 is 1.39 bits per heavy atom. The van der Waals surface area contributed by atoms with Gasteiger partial charge in [0.25, 0.3) is 0 Å². The Bertz CT molecular complexity index is 572. The van der Waals surface area contributed by atoms with Crippen LogP contribution in [0, 0.1) is 11.3 Å². The second-order valence-corrected chi connectivity index (χ2v) is 5.68. The smallest absolute Gasteiger partial charge is 0.318 e. The molecule has 7 heteroatoms. The maximum Gasteiger partial charge on any atom is 0.318 e. The van der Waals surface area contributed by atoms with Crippen molar-refractivity contribution >= 4 is 16.0 Å². The van der Waals surface area contributed by atoms with Gasteiger partial charge >= 0.3 is 5.97 Å². The molecule has 0 aliphatic heterocycles. The monoisotopic (exact) mass is 268 g/mol. The predicted molar refractivity (Wildman–Crippen MR) is 63.2 cm³/mol. The fourth-order valence-corrected chi connectivity index (χ4v) is 2.45. The van der Waals surface area contributed by atoms with Crippen molar-refractivity contribution in [3.8, 4) is 6.07 Å². The van der Waals surface area contributed by atoms with E-state index < -0.39 is 22.5 Å². The molecule has 1 N–H and O–H groups in total. The standard InChI is InChI=1S/C11H12N2O4S/c1-13(8-11(14)15)18(16,17)10-4-2-9(3-5-10)6-7-12/h2-5H,6,8H2,1H3,(H,14,15). The summed E-state index contributed by atoms with van der Waals surface area (Å²) in [6.45, 7) is -0.595. The number of benzene rings is 1. The van der Waals surface area contributed by atoms with E-state index in [0.717, 1.165) is 4.31 Å². The molecular formula is C11H12N2O4S. The van der Waals surface area contributed by atoms with Gasteiger partial charge in [-0.1, -0.05) is 12.1 Å². The summed E-state index contributed by atoms with van der Waals surface area (Å²) in [7, 11) is -2.60. The van der Waals surface area contributed by atoms with Crippen molar-refractivity contribution in [2.75, 3.05) is 13.6 Å². The molecule has 18 heavy (non-hydrogen) atoms. The first-order chi connectivity index (χ1) is 8.37. The molecule has 0 saturated heterocycles. The number of aliphatic carboxylic acids is 1. The van der Waals surface area contributed by atoms with Gasteiger partial charge in [-0.05, 0) is 17.7 Å². The van der Waals surface area contributed by atoms with Crippen molar-refractivity contribution in [3.05, 3.63) is 29.8 Å². The van der Waals surface area contributed by atoms with Crippen molar-refractivity contribution in [1.29, 1.82) is 5.26 Å². The molecule has 0 heterocycles. The van der Waals surface area contributed by atoms with E-state index in [9.17, 15) is 13.2 Å². The van der Waals surface area contributed by atoms with E-state index in [1.807, 2.05) is 6.07 Å². The first-order valence-corrected chi connectivity index (χ1v) is 6.46.